The summed E-state index contributed by atoms with van der Waals surface area (Å²) >= 11 is 0. The van der Waals surface area contributed by atoms with Gasteiger partial charge in [0.25, 0.3) is 0 Å². The molecule has 0 aliphatic carbocycles. The third kappa shape index (κ3) is 3.62. The SMILES string of the molecule is Cc1cc(Nc2ncnc3ccc4c(c23)OC[C@H]2CN4CCN2)ccc1Oc1ccn2ncnc2c1. The summed E-state index contributed by atoms with van der Waals surface area (Å²) in [6.07, 6.45) is 4.93. The molecule has 1 saturated heterocycles. The average Bonchev–Trinajstić information content (AvgIpc) is 3.32. The van der Waals surface area contributed by atoms with E-state index in [9.17, 15) is 0 Å². The second kappa shape index (κ2) is 8.35. The van der Waals surface area contributed by atoms with Gasteiger partial charge < -0.3 is 25.0 Å². The summed E-state index contributed by atoms with van der Waals surface area (Å²) in [7, 11) is 0. The van der Waals surface area contributed by atoms with Crippen LogP contribution in [0.2, 0.25) is 0 Å². The van der Waals surface area contributed by atoms with Crippen LogP contribution in [0.4, 0.5) is 17.2 Å². The lowest BCUT2D eigenvalue weighted by atomic mass is 10.1. The number of nitrogens with zero attached hydrogens (tertiary/aromatic N) is 6. The second-order valence-electron chi connectivity index (χ2n) is 9.07. The van der Waals surface area contributed by atoms with Crippen LogP contribution in [-0.2, 0) is 0 Å². The number of rotatable bonds is 4. The molecule has 0 unspecified atom stereocenters. The number of anilines is 3. The lowest BCUT2D eigenvalue weighted by Crippen LogP contribution is -2.51. The molecule has 1 atom stereocenters. The molecule has 0 saturated carbocycles. The van der Waals surface area contributed by atoms with E-state index in [0.29, 0.717) is 24.2 Å². The lowest BCUT2D eigenvalue weighted by Gasteiger charge is -2.32. The van der Waals surface area contributed by atoms with Crippen molar-refractivity contribution in [2.24, 2.45) is 0 Å². The summed E-state index contributed by atoms with van der Waals surface area (Å²) in [4.78, 5) is 15.7. The van der Waals surface area contributed by atoms with Crippen molar-refractivity contribution in [3.63, 3.8) is 0 Å². The number of piperazine rings is 1. The Hall–Kier alpha value is -4.44. The molecule has 0 spiro atoms. The third-order valence-electron chi connectivity index (χ3n) is 6.68. The number of hydrogen-bond donors (Lipinski definition) is 2. The predicted octanol–water partition coefficient (Wildman–Crippen LogP) is 3.69. The molecule has 2 bridgehead atoms. The van der Waals surface area contributed by atoms with Crippen molar-refractivity contribution < 1.29 is 9.47 Å². The highest BCUT2D eigenvalue weighted by atomic mass is 16.5. The van der Waals surface area contributed by atoms with Gasteiger partial charge in [-0.3, -0.25) is 0 Å². The van der Waals surface area contributed by atoms with Crippen LogP contribution in [0.25, 0.3) is 16.6 Å². The molecule has 5 aromatic rings. The minimum Gasteiger partial charge on any atom is -0.489 e. The van der Waals surface area contributed by atoms with Gasteiger partial charge >= 0.3 is 0 Å². The van der Waals surface area contributed by atoms with Gasteiger partial charge in [-0.1, -0.05) is 0 Å². The number of nitrogens with one attached hydrogen (secondary N) is 2. The van der Waals surface area contributed by atoms with E-state index in [1.807, 2.05) is 49.5 Å². The molecule has 1 fully saturated rings. The number of hydrogen-bond acceptors (Lipinski definition) is 9. The van der Waals surface area contributed by atoms with Crippen LogP contribution < -0.4 is 25.0 Å². The predicted molar refractivity (Wildman–Crippen MR) is 137 cm³/mol. The molecule has 2 N–H and O–H groups in total. The number of fused-ring (bicyclic) bond motifs is 7. The van der Waals surface area contributed by atoms with Crippen LogP contribution in [-0.4, -0.2) is 56.8 Å². The summed E-state index contributed by atoms with van der Waals surface area (Å²) in [6.45, 7) is 5.45. The van der Waals surface area contributed by atoms with Crippen LogP contribution >= 0.6 is 0 Å². The standard InChI is InChI=1S/C26H24N8O2/c1-16-10-17(2-5-22(16)36-19-6-8-34-23(11-19)29-15-31-34)32-26-24-20(28-14-30-26)3-4-21-25(24)35-13-18-12-33(21)9-7-27-18/h2-6,8,10-11,14-15,18,27H,7,9,12-13H2,1H3,(H,28,30,32)/t18-/m1/s1. The minimum atomic E-state index is 0.308. The lowest BCUT2D eigenvalue weighted by molar-refractivity contribution is 0.273. The summed E-state index contributed by atoms with van der Waals surface area (Å²) in [5.41, 5.74) is 4.56. The molecule has 2 aliphatic heterocycles. The largest absolute Gasteiger partial charge is 0.489 e. The van der Waals surface area contributed by atoms with Gasteiger partial charge in [-0.05, 0) is 48.9 Å². The molecule has 7 rings (SSSR count). The van der Waals surface area contributed by atoms with Gasteiger partial charge in [-0.15, -0.1) is 0 Å². The summed E-state index contributed by atoms with van der Waals surface area (Å²) in [5, 5.41) is 12.0. The smallest absolute Gasteiger partial charge is 0.158 e. The van der Waals surface area contributed by atoms with E-state index in [-0.39, 0.29) is 0 Å². The van der Waals surface area contributed by atoms with Gasteiger partial charge in [0.1, 0.15) is 36.6 Å². The normalized spacial score (nSPS) is 16.9. The molecule has 180 valence electrons. The maximum atomic E-state index is 6.33. The molecule has 10 heteroatoms. The third-order valence-corrected chi connectivity index (χ3v) is 6.68. The Morgan fingerprint density at radius 3 is 3.00 bits per heavy atom. The maximum Gasteiger partial charge on any atom is 0.158 e. The number of aromatic nitrogens is 5. The van der Waals surface area contributed by atoms with Crippen LogP contribution in [0.3, 0.4) is 0 Å². The van der Waals surface area contributed by atoms with Crippen molar-refractivity contribution in [3.05, 3.63) is 66.9 Å². The Labute approximate surface area is 206 Å². The Bertz CT molecular complexity index is 1600. The van der Waals surface area contributed by atoms with Crippen molar-refractivity contribution in [2.75, 3.05) is 36.5 Å². The van der Waals surface area contributed by atoms with Crippen molar-refractivity contribution in [1.82, 2.24) is 29.9 Å². The number of aryl methyl sites for hydroxylation is 1. The van der Waals surface area contributed by atoms with Crippen LogP contribution in [0.15, 0.2) is 61.3 Å². The fraction of sp³-hybridized carbons (Fsp3) is 0.231. The van der Waals surface area contributed by atoms with Crippen molar-refractivity contribution in [3.8, 4) is 17.2 Å². The molecule has 2 aromatic carbocycles. The molecule has 10 nitrogen and oxygen atoms in total. The van der Waals surface area contributed by atoms with E-state index in [1.165, 1.54) is 6.33 Å². The molecule has 5 heterocycles. The second-order valence-corrected chi connectivity index (χ2v) is 9.07. The first-order chi connectivity index (χ1) is 17.7. The first-order valence-electron chi connectivity index (χ1n) is 11.9. The topological polar surface area (TPSA) is 102 Å². The summed E-state index contributed by atoms with van der Waals surface area (Å²) in [6, 6.07) is 14.2. The molecule has 0 radical (unpaired) electrons. The van der Waals surface area contributed by atoms with Gasteiger partial charge in [0.15, 0.2) is 11.4 Å². The number of pyridine rings is 1. The van der Waals surface area contributed by atoms with E-state index < -0.39 is 0 Å². The Morgan fingerprint density at radius 2 is 2.06 bits per heavy atom. The summed E-state index contributed by atoms with van der Waals surface area (Å²) in [5.74, 6) is 3.02. The molecule has 36 heavy (non-hydrogen) atoms. The Balaban J connectivity index is 1.21. The average molecular weight is 481 g/mol. The van der Waals surface area contributed by atoms with Gasteiger partial charge in [-0.2, -0.15) is 5.10 Å². The fourth-order valence-electron chi connectivity index (χ4n) is 4.91. The highest BCUT2D eigenvalue weighted by Gasteiger charge is 2.28. The van der Waals surface area contributed by atoms with Gasteiger partial charge in [-0.25, -0.2) is 19.5 Å². The molecule has 2 aliphatic rings. The van der Waals surface area contributed by atoms with Gasteiger partial charge in [0.2, 0.25) is 0 Å². The summed E-state index contributed by atoms with van der Waals surface area (Å²) < 4.78 is 14.2. The first kappa shape index (κ1) is 20.9. The molecule has 0 amide bonds. The minimum absolute atomic E-state index is 0.308. The van der Waals surface area contributed by atoms with Crippen LogP contribution in [0, 0.1) is 6.92 Å². The highest BCUT2D eigenvalue weighted by molar-refractivity contribution is 6.00. The maximum absolute atomic E-state index is 6.33. The molecular formula is C26H24N8O2. The van der Waals surface area contributed by atoms with Gasteiger partial charge in [0.05, 0.1) is 22.6 Å². The van der Waals surface area contributed by atoms with Gasteiger partial charge in [0, 0.05) is 37.6 Å². The van der Waals surface area contributed by atoms with E-state index in [2.05, 4.69) is 41.7 Å². The van der Waals surface area contributed by atoms with E-state index in [1.54, 1.807) is 10.8 Å². The van der Waals surface area contributed by atoms with E-state index in [0.717, 1.165) is 64.6 Å². The van der Waals surface area contributed by atoms with E-state index >= 15 is 0 Å². The fourth-order valence-corrected chi connectivity index (χ4v) is 4.91. The molecule has 3 aromatic heterocycles. The van der Waals surface area contributed by atoms with E-state index in [4.69, 9.17) is 9.47 Å². The monoisotopic (exact) mass is 480 g/mol. The van der Waals surface area contributed by atoms with Crippen molar-refractivity contribution in [1.29, 1.82) is 0 Å². The Kier molecular flexibility index (Phi) is 4.84. The highest BCUT2D eigenvalue weighted by Crippen LogP contribution is 2.41. The number of benzene rings is 2. The van der Waals surface area contributed by atoms with Crippen molar-refractivity contribution >= 4 is 33.7 Å². The zero-order chi connectivity index (χ0) is 24.1. The quantitative estimate of drug-likeness (QED) is 0.399. The zero-order valence-corrected chi connectivity index (χ0v) is 19.7. The zero-order valence-electron chi connectivity index (χ0n) is 19.7. The van der Waals surface area contributed by atoms with Crippen LogP contribution in [0.5, 0.6) is 17.2 Å². The Morgan fingerprint density at radius 1 is 1.08 bits per heavy atom. The number of ether oxygens (including phenoxy) is 2. The van der Waals surface area contributed by atoms with Crippen molar-refractivity contribution in [2.45, 2.75) is 13.0 Å². The molecular weight excluding hydrogens is 456 g/mol. The van der Waals surface area contributed by atoms with Crippen LogP contribution in [0.1, 0.15) is 5.56 Å². The first-order valence-corrected chi connectivity index (χ1v) is 11.9.